The standard InChI is InChI=1S/C15H26O2Si/c1-8-13-12(2)9-10-15(11-16,14(13,3)4)17-18(5,6)7/h8,11H,1,9-10H2,2-7H3. The second-order valence-electron chi connectivity index (χ2n) is 6.74. The van der Waals surface area contributed by atoms with Crippen molar-refractivity contribution in [3.8, 4) is 0 Å². The third-order valence-electron chi connectivity index (χ3n) is 3.95. The fraction of sp³-hybridized carbons (Fsp3) is 0.667. The molecular weight excluding hydrogens is 240 g/mol. The molecule has 0 radical (unpaired) electrons. The van der Waals surface area contributed by atoms with Crippen molar-refractivity contribution in [2.45, 2.75) is 58.9 Å². The second-order valence-corrected chi connectivity index (χ2v) is 11.2. The van der Waals surface area contributed by atoms with Crippen molar-refractivity contribution in [1.82, 2.24) is 0 Å². The Morgan fingerprint density at radius 2 is 1.89 bits per heavy atom. The van der Waals surface area contributed by atoms with E-state index < -0.39 is 13.9 Å². The quantitative estimate of drug-likeness (QED) is 0.565. The maximum Gasteiger partial charge on any atom is 0.185 e. The molecule has 2 nitrogen and oxygen atoms in total. The van der Waals surface area contributed by atoms with Crippen LogP contribution in [0.25, 0.3) is 0 Å². The van der Waals surface area contributed by atoms with Gasteiger partial charge in [-0.3, -0.25) is 0 Å². The lowest BCUT2D eigenvalue weighted by Gasteiger charge is -2.50. The average Bonchev–Trinajstić information content (AvgIpc) is 2.21. The zero-order chi connectivity index (χ0) is 14.2. The van der Waals surface area contributed by atoms with Gasteiger partial charge in [0.25, 0.3) is 0 Å². The minimum absolute atomic E-state index is 0.306. The normalized spacial score (nSPS) is 28.1. The molecular formula is C15H26O2Si. The van der Waals surface area contributed by atoms with Crippen LogP contribution in [0, 0.1) is 5.41 Å². The Morgan fingerprint density at radius 1 is 1.33 bits per heavy atom. The van der Waals surface area contributed by atoms with Crippen LogP contribution in [0.5, 0.6) is 0 Å². The first-order chi connectivity index (χ1) is 8.09. The van der Waals surface area contributed by atoms with Gasteiger partial charge in [-0.15, -0.1) is 0 Å². The van der Waals surface area contributed by atoms with Crippen molar-refractivity contribution in [2.24, 2.45) is 5.41 Å². The Labute approximate surface area is 112 Å². The highest BCUT2D eigenvalue weighted by Crippen LogP contribution is 2.49. The van der Waals surface area contributed by atoms with Gasteiger partial charge in [-0.25, -0.2) is 0 Å². The number of carbonyl (C=O) groups excluding carboxylic acids is 1. The zero-order valence-electron chi connectivity index (χ0n) is 12.6. The lowest BCUT2D eigenvalue weighted by Crippen LogP contribution is -2.56. The Kier molecular flexibility index (Phi) is 4.09. The smallest absolute Gasteiger partial charge is 0.185 e. The molecule has 0 aromatic carbocycles. The summed E-state index contributed by atoms with van der Waals surface area (Å²) in [4.78, 5) is 11.8. The fourth-order valence-corrected chi connectivity index (χ4v) is 4.46. The second kappa shape index (κ2) is 4.78. The molecule has 0 N–H and O–H groups in total. The summed E-state index contributed by atoms with van der Waals surface area (Å²) in [6, 6.07) is 0. The van der Waals surface area contributed by atoms with Crippen molar-refractivity contribution in [2.75, 3.05) is 0 Å². The molecule has 1 atom stereocenters. The molecule has 1 unspecified atom stereocenters. The largest absolute Gasteiger partial charge is 0.405 e. The molecule has 0 heterocycles. The van der Waals surface area contributed by atoms with Gasteiger partial charge in [-0.2, -0.15) is 0 Å². The SMILES string of the molecule is C=CC1=C(C)CCC(C=O)(O[Si](C)(C)C)C1(C)C. The van der Waals surface area contributed by atoms with Crippen LogP contribution >= 0.6 is 0 Å². The van der Waals surface area contributed by atoms with E-state index in [0.717, 1.165) is 19.1 Å². The number of aldehydes is 1. The summed E-state index contributed by atoms with van der Waals surface area (Å²) in [5.74, 6) is 0. The van der Waals surface area contributed by atoms with Crippen LogP contribution in [0.4, 0.5) is 0 Å². The topological polar surface area (TPSA) is 26.3 Å². The number of hydrogen-bond acceptors (Lipinski definition) is 2. The van der Waals surface area contributed by atoms with Gasteiger partial charge in [0.1, 0.15) is 5.60 Å². The molecule has 0 bridgehead atoms. The molecule has 102 valence electrons. The third-order valence-corrected chi connectivity index (χ3v) is 4.92. The Bertz CT molecular complexity index is 388. The van der Waals surface area contributed by atoms with Gasteiger partial charge in [-0.1, -0.05) is 32.1 Å². The number of rotatable bonds is 4. The van der Waals surface area contributed by atoms with E-state index in [0.29, 0.717) is 0 Å². The maximum absolute atomic E-state index is 11.8. The van der Waals surface area contributed by atoms with Crippen LogP contribution in [-0.2, 0) is 9.22 Å². The van der Waals surface area contributed by atoms with Crippen LogP contribution in [0.3, 0.4) is 0 Å². The van der Waals surface area contributed by atoms with Gasteiger partial charge >= 0.3 is 0 Å². The van der Waals surface area contributed by atoms with Crippen LogP contribution in [0.15, 0.2) is 23.8 Å². The summed E-state index contributed by atoms with van der Waals surface area (Å²) >= 11 is 0. The summed E-state index contributed by atoms with van der Waals surface area (Å²) in [7, 11) is -1.78. The summed E-state index contributed by atoms with van der Waals surface area (Å²) in [5.41, 5.74) is 1.49. The van der Waals surface area contributed by atoms with Crippen LogP contribution < -0.4 is 0 Å². The third kappa shape index (κ3) is 2.52. The van der Waals surface area contributed by atoms with E-state index in [1.165, 1.54) is 11.1 Å². The summed E-state index contributed by atoms with van der Waals surface area (Å²) in [5, 5.41) is 0. The van der Waals surface area contributed by atoms with E-state index >= 15 is 0 Å². The molecule has 3 heteroatoms. The highest BCUT2D eigenvalue weighted by Gasteiger charge is 2.51. The Hall–Kier alpha value is -0.673. The first-order valence-corrected chi connectivity index (χ1v) is 9.99. The number of allylic oxidation sites excluding steroid dienone is 2. The molecule has 1 aliphatic carbocycles. The van der Waals surface area contributed by atoms with Crippen LogP contribution in [-0.4, -0.2) is 20.2 Å². The van der Waals surface area contributed by atoms with Gasteiger partial charge in [0.15, 0.2) is 14.6 Å². The molecule has 0 saturated heterocycles. The first-order valence-electron chi connectivity index (χ1n) is 6.59. The minimum atomic E-state index is -1.78. The van der Waals surface area contributed by atoms with Crippen LogP contribution in [0.1, 0.15) is 33.6 Å². The lowest BCUT2D eigenvalue weighted by atomic mass is 9.63. The highest BCUT2D eigenvalue weighted by atomic mass is 28.4. The summed E-state index contributed by atoms with van der Waals surface area (Å²) in [6.07, 6.45) is 4.60. The maximum atomic E-state index is 11.8. The lowest BCUT2D eigenvalue weighted by molar-refractivity contribution is -0.132. The van der Waals surface area contributed by atoms with E-state index in [4.69, 9.17) is 4.43 Å². The first kappa shape index (κ1) is 15.4. The van der Waals surface area contributed by atoms with Crippen molar-refractivity contribution in [3.63, 3.8) is 0 Å². The van der Waals surface area contributed by atoms with Crippen molar-refractivity contribution < 1.29 is 9.22 Å². The Morgan fingerprint density at radius 3 is 2.28 bits per heavy atom. The molecule has 0 amide bonds. The van der Waals surface area contributed by atoms with E-state index in [-0.39, 0.29) is 5.41 Å². The highest BCUT2D eigenvalue weighted by molar-refractivity contribution is 6.70. The summed E-state index contributed by atoms with van der Waals surface area (Å²) in [6.45, 7) is 16.6. The summed E-state index contributed by atoms with van der Waals surface area (Å²) < 4.78 is 6.30. The predicted molar refractivity (Wildman–Crippen MR) is 79.1 cm³/mol. The predicted octanol–water partition coefficient (Wildman–Crippen LogP) is 4.10. The average molecular weight is 266 g/mol. The van der Waals surface area contributed by atoms with Crippen molar-refractivity contribution in [1.29, 1.82) is 0 Å². The fourth-order valence-electron chi connectivity index (χ4n) is 2.97. The van der Waals surface area contributed by atoms with E-state index in [1.807, 2.05) is 6.08 Å². The molecule has 0 fully saturated rings. The van der Waals surface area contributed by atoms with E-state index in [9.17, 15) is 4.79 Å². The van der Waals surface area contributed by atoms with Crippen LogP contribution in [0.2, 0.25) is 19.6 Å². The Balaban J connectivity index is 3.31. The molecule has 1 rings (SSSR count). The van der Waals surface area contributed by atoms with Gasteiger partial charge < -0.3 is 9.22 Å². The molecule has 0 spiro atoms. The molecule has 0 aliphatic heterocycles. The molecule has 18 heavy (non-hydrogen) atoms. The van der Waals surface area contributed by atoms with Gasteiger partial charge in [0.05, 0.1) is 0 Å². The number of hydrogen-bond donors (Lipinski definition) is 0. The van der Waals surface area contributed by atoms with E-state index in [1.54, 1.807) is 0 Å². The van der Waals surface area contributed by atoms with Gasteiger partial charge in [0.2, 0.25) is 0 Å². The van der Waals surface area contributed by atoms with Gasteiger partial charge in [-0.05, 0) is 45.0 Å². The minimum Gasteiger partial charge on any atom is -0.405 e. The molecule has 0 aromatic heterocycles. The molecule has 1 aliphatic rings. The monoisotopic (exact) mass is 266 g/mol. The number of carbonyl (C=O) groups is 1. The molecule has 0 aromatic rings. The molecule has 0 saturated carbocycles. The van der Waals surface area contributed by atoms with E-state index in [2.05, 4.69) is 47.0 Å². The van der Waals surface area contributed by atoms with Crippen molar-refractivity contribution >= 4 is 14.6 Å². The zero-order valence-corrected chi connectivity index (χ0v) is 13.6. The van der Waals surface area contributed by atoms with Crippen molar-refractivity contribution in [3.05, 3.63) is 23.8 Å². The van der Waals surface area contributed by atoms with Gasteiger partial charge in [0, 0.05) is 5.41 Å².